The Morgan fingerprint density at radius 3 is 2.77 bits per heavy atom. The Morgan fingerprint density at radius 1 is 1.46 bits per heavy atom. The second-order valence-corrected chi connectivity index (χ2v) is 6.34. The van der Waals surface area contributed by atoms with Crippen molar-refractivity contribution in [1.29, 1.82) is 5.26 Å². The number of carbonyl (C=O) groups is 2. The molecule has 0 aliphatic carbocycles. The van der Waals surface area contributed by atoms with Crippen molar-refractivity contribution in [2.75, 3.05) is 24.6 Å². The van der Waals surface area contributed by atoms with Crippen molar-refractivity contribution in [1.82, 2.24) is 15.8 Å². The first-order chi connectivity index (χ1) is 12.5. The normalized spacial score (nSPS) is 15.8. The van der Waals surface area contributed by atoms with E-state index in [4.69, 9.17) is 15.2 Å². The number of rotatable bonds is 7. The Labute approximate surface area is 151 Å². The van der Waals surface area contributed by atoms with E-state index in [1.54, 1.807) is 19.2 Å². The maximum absolute atomic E-state index is 11.9. The number of anilines is 1. The van der Waals surface area contributed by atoms with Gasteiger partial charge in [0.05, 0.1) is 18.2 Å². The predicted octanol–water partition coefficient (Wildman–Crippen LogP) is 1.26. The number of piperidine rings is 1. The molecule has 2 heterocycles. The van der Waals surface area contributed by atoms with Crippen LogP contribution in [0.2, 0.25) is 0 Å². The first-order valence-electron chi connectivity index (χ1n) is 8.49. The minimum absolute atomic E-state index is 0.0703. The molecular weight excluding hydrogens is 338 g/mol. The van der Waals surface area contributed by atoms with Crippen LogP contribution in [0.25, 0.3) is 0 Å². The van der Waals surface area contributed by atoms with Gasteiger partial charge in [-0.1, -0.05) is 0 Å². The zero-order valence-corrected chi connectivity index (χ0v) is 14.6. The molecule has 26 heavy (non-hydrogen) atoms. The Bertz CT molecular complexity index is 650. The van der Waals surface area contributed by atoms with E-state index in [9.17, 15) is 9.59 Å². The number of nitrogens with one attached hydrogen (secondary N) is 2. The van der Waals surface area contributed by atoms with Gasteiger partial charge in [0.1, 0.15) is 11.9 Å². The van der Waals surface area contributed by atoms with Gasteiger partial charge in [-0.25, -0.2) is 15.3 Å². The van der Waals surface area contributed by atoms with E-state index in [-0.39, 0.29) is 18.4 Å². The number of hydrogen-bond acceptors (Lipinski definition) is 6. The molecule has 1 aliphatic heterocycles. The van der Waals surface area contributed by atoms with Crippen LogP contribution in [-0.4, -0.2) is 47.8 Å². The third-order valence-corrected chi connectivity index (χ3v) is 4.18. The van der Waals surface area contributed by atoms with E-state index in [0.29, 0.717) is 12.0 Å². The maximum Gasteiger partial charge on any atom is 0.404 e. The average Bonchev–Trinajstić information content (AvgIpc) is 2.62. The van der Waals surface area contributed by atoms with Crippen LogP contribution in [-0.2, 0) is 9.63 Å². The van der Waals surface area contributed by atoms with Crippen molar-refractivity contribution in [3.8, 4) is 6.07 Å². The van der Waals surface area contributed by atoms with Crippen molar-refractivity contribution < 1.29 is 19.5 Å². The van der Waals surface area contributed by atoms with E-state index in [0.717, 1.165) is 31.7 Å². The quantitative estimate of drug-likeness (QED) is 0.624. The van der Waals surface area contributed by atoms with Gasteiger partial charge in [-0.05, 0) is 37.8 Å². The highest BCUT2D eigenvalue weighted by molar-refractivity contribution is 5.75. The van der Waals surface area contributed by atoms with Crippen LogP contribution < -0.4 is 15.7 Å². The van der Waals surface area contributed by atoms with Crippen molar-refractivity contribution in [3.63, 3.8) is 0 Å². The fraction of sp³-hybridized carbons (Fsp3) is 0.529. The minimum Gasteiger partial charge on any atom is -0.465 e. The molecule has 1 fully saturated rings. The molecule has 0 aromatic carbocycles. The standard InChI is InChI=1S/C17H23N5O4/c1-12(20-17(24)25)11-26-21-16(23)8-13-4-6-22(7-5-13)15-3-2-14(9-18)10-19-15/h2-3,10,12-13,20H,4-8,11H2,1H3,(H,21,23)(H,24,25)/t12-/m0/s1. The van der Waals surface area contributed by atoms with Crippen LogP contribution in [0.3, 0.4) is 0 Å². The van der Waals surface area contributed by atoms with Crippen LogP contribution in [0.5, 0.6) is 0 Å². The zero-order valence-electron chi connectivity index (χ0n) is 14.6. The summed E-state index contributed by atoms with van der Waals surface area (Å²) >= 11 is 0. The lowest BCUT2D eigenvalue weighted by molar-refractivity contribution is -0.135. The maximum atomic E-state index is 11.9. The van der Waals surface area contributed by atoms with E-state index in [2.05, 4.69) is 20.7 Å². The number of carboxylic acid groups (broad SMARTS) is 1. The third kappa shape index (κ3) is 6.22. The number of aromatic nitrogens is 1. The highest BCUT2D eigenvalue weighted by Gasteiger charge is 2.22. The zero-order chi connectivity index (χ0) is 18.9. The number of nitrogens with zero attached hydrogens (tertiary/aromatic N) is 3. The fourth-order valence-electron chi connectivity index (χ4n) is 2.81. The second-order valence-electron chi connectivity index (χ2n) is 6.34. The van der Waals surface area contributed by atoms with Gasteiger partial charge in [0.25, 0.3) is 0 Å². The van der Waals surface area contributed by atoms with Crippen LogP contribution in [0.4, 0.5) is 10.6 Å². The lowest BCUT2D eigenvalue weighted by Crippen LogP contribution is -2.39. The Hall–Kier alpha value is -2.86. The summed E-state index contributed by atoms with van der Waals surface area (Å²) in [6, 6.07) is 5.23. The number of amides is 2. The van der Waals surface area contributed by atoms with E-state index in [1.807, 2.05) is 12.1 Å². The van der Waals surface area contributed by atoms with Crippen molar-refractivity contribution in [3.05, 3.63) is 23.9 Å². The Balaban J connectivity index is 1.67. The van der Waals surface area contributed by atoms with E-state index in [1.165, 1.54) is 0 Å². The molecule has 1 aromatic heterocycles. The smallest absolute Gasteiger partial charge is 0.404 e. The molecule has 1 saturated heterocycles. The molecular formula is C17H23N5O4. The molecule has 2 amide bonds. The lowest BCUT2D eigenvalue weighted by atomic mass is 9.93. The number of hydroxylamine groups is 1. The number of hydrogen-bond donors (Lipinski definition) is 3. The van der Waals surface area contributed by atoms with Gasteiger partial charge in [0.15, 0.2) is 0 Å². The monoisotopic (exact) mass is 361 g/mol. The summed E-state index contributed by atoms with van der Waals surface area (Å²) in [5, 5.41) is 19.6. The summed E-state index contributed by atoms with van der Waals surface area (Å²) in [4.78, 5) is 33.8. The molecule has 0 unspecified atom stereocenters. The van der Waals surface area contributed by atoms with Gasteiger partial charge in [-0.2, -0.15) is 5.26 Å². The Kier molecular flexibility index (Phi) is 7.17. The summed E-state index contributed by atoms with van der Waals surface area (Å²) < 4.78 is 0. The largest absolute Gasteiger partial charge is 0.465 e. The molecule has 0 bridgehead atoms. The summed E-state index contributed by atoms with van der Waals surface area (Å²) in [7, 11) is 0. The van der Waals surface area contributed by atoms with E-state index < -0.39 is 12.1 Å². The topological polar surface area (TPSA) is 128 Å². The van der Waals surface area contributed by atoms with Crippen molar-refractivity contribution in [2.24, 2.45) is 5.92 Å². The van der Waals surface area contributed by atoms with Crippen LogP contribution in [0.15, 0.2) is 18.3 Å². The first kappa shape index (κ1) is 19.5. The molecule has 1 atom stereocenters. The average molecular weight is 361 g/mol. The van der Waals surface area contributed by atoms with Crippen LogP contribution in [0.1, 0.15) is 31.7 Å². The van der Waals surface area contributed by atoms with Gasteiger partial charge in [0, 0.05) is 25.7 Å². The number of pyridine rings is 1. The number of nitriles is 1. The first-order valence-corrected chi connectivity index (χ1v) is 8.49. The highest BCUT2D eigenvalue weighted by Crippen LogP contribution is 2.24. The molecule has 3 N–H and O–H groups in total. The lowest BCUT2D eigenvalue weighted by Gasteiger charge is -2.32. The second kappa shape index (κ2) is 9.58. The SMILES string of the molecule is C[C@@H](CONC(=O)CC1CCN(c2ccc(C#N)cn2)CC1)NC(=O)O. The van der Waals surface area contributed by atoms with Gasteiger partial charge in [0.2, 0.25) is 5.91 Å². The summed E-state index contributed by atoms with van der Waals surface area (Å²) in [6.45, 7) is 3.32. The van der Waals surface area contributed by atoms with E-state index >= 15 is 0 Å². The molecule has 9 nitrogen and oxygen atoms in total. The minimum atomic E-state index is -1.13. The van der Waals surface area contributed by atoms with Crippen LogP contribution in [0, 0.1) is 17.2 Å². The van der Waals surface area contributed by atoms with Crippen molar-refractivity contribution in [2.45, 2.75) is 32.2 Å². The fourth-order valence-corrected chi connectivity index (χ4v) is 2.81. The van der Waals surface area contributed by atoms with Gasteiger partial charge in [-0.3, -0.25) is 9.63 Å². The molecule has 2 rings (SSSR count). The Morgan fingerprint density at radius 2 is 2.19 bits per heavy atom. The third-order valence-electron chi connectivity index (χ3n) is 4.18. The van der Waals surface area contributed by atoms with Gasteiger partial charge in [-0.15, -0.1) is 0 Å². The molecule has 0 saturated carbocycles. The number of carbonyl (C=O) groups excluding carboxylic acids is 1. The molecule has 140 valence electrons. The van der Waals surface area contributed by atoms with Crippen LogP contribution >= 0.6 is 0 Å². The molecule has 9 heteroatoms. The van der Waals surface area contributed by atoms with Gasteiger partial charge < -0.3 is 15.3 Å². The van der Waals surface area contributed by atoms with Gasteiger partial charge >= 0.3 is 6.09 Å². The summed E-state index contributed by atoms with van der Waals surface area (Å²) in [6.07, 6.45) is 2.54. The molecule has 1 aliphatic rings. The molecule has 0 spiro atoms. The summed E-state index contributed by atoms with van der Waals surface area (Å²) in [5.41, 5.74) is 2.90. The van der Waals surface area contributed by atoms with Crippen molar-refractivity contribution >= 4 is 17.8 Å². The highest BCUT2D eigenvalue weighted by atomic mass is 16.7. The molecule has 1 aromatic rings. The molecule has 0 radical (unpaired) electrons. The summed E-state index contributed by atoms with van der Waals surface area (Å²) in [5.74, 6) is 0.903. The predicted molar refractivity (Wildman–Crippen MR) is 93.2 cm³/mol.